The molecule has 0 saturated carbocycles. The molecule has 0 spiro atoms. The van der Waals surface area contributed by atoms with Crippen LogP contribution in [0, 0.1) is 11.3 Å². The van der Waals surface area contributed by atoms with Crippen molar-refractivity contribution in [2.45, 2.75) is 47.6 Å². The molecule has 2 heteroatoms. The molecule has 14 heavy (non-hydrogen) atoms. The maximum Gasteiger partial charge on any atom is 0.00790 e. The Morgan fingerprint density at radius 1 is 1.00 bits per heavy atom. The molecule has 0 aliphatic heterocycles. The molecule has 0 heterocycles. The maximum atomic E-state index is 3.48. The molecule has 0 amide bonds. The van der Waals surface area contributed by atoms with E-state index in [1.54, 1.807) is 0 Å². The Bertz CT molecular complexity index is 136. The van der Waals surface area contributed by atoms with E-state index in [1.807, 2.05) is 0 Å². The first-order chi connectivity index (χ1) is 6.34. The monoisotopic (exact) mass is 200 g/mol. The molecule has 2 nitrogen and oxygen atoms in total. The van der Waals surface area contributed by atoms with Crippen LogP contribution >= 0.6 is 0 Å². The highest BCUT2D eigenvalue weighted by Crippen LogP contribution is 2.24. The standard InChI is InChI=1S/C12H28N2/c1-10(2)14-8-7-13-9-11(3)12(4,5)6/h10-11,13-14H,7-9H2,1-6H3. The minimum absolute atomic E-state index is 0.415. The third-order valence-corrected chi connectivity index (χ3v) is 2.78. The van der Waals surface area contributed by atoms with Crippen molar-refractivity contribution in [2.24, 2.45) is 11.3 Å². The third-order valence-electron chi connectivity index (χ3n) is 2.78. The van der Waals surface area contributed by atoms with E-state index in [2.05, 4.69) is 52.2 Å². The van der Waals surface area contributed by atoms with Gasteiger partial charge in [-0.15, -0.1) is 0 Å². The summed E-state index contributed by atoms with van der Waals surface area (Å²) in [7, 11) is 0. The first kappa shape index (κ1) is 13.9. The van der Waals surface area contributed by atoms with Gasteiger partial charge in [-0.3, -0.25) is 0 Å². The molecule has 2 N–H and O–H groups in total. The van der Waals surface area contributed by atoms with E-state index >= 15 is 0 Å². The first-order valence-electron chi connectivity index (χ1n) is 5.78. The van der Waals surface area contributed by atoms with E-state index < -0.39 is 0 Å². The molecular weight excluding hydrogens is 172 g/mol. The molecular formula is C12H28N2. The van der Waals surface area contributed by atoms with Crippen LogP contribution < -0.4 is 10.6 Å². The van der Waals surface area contributed by atoms with Gasteiger partial charge in [0.15, 0.2) is 0 Å². The van der Waals surface area contributed by atoms with Gasteiger partial charge in [0.05, 0.1) is 0 Å². The Labute approximate surface area is 89.9 Å². The molecule has 0 saturated heterocycles. The minimum Gasteiger partial charge on any atom is -0.315 e. The van der Waals surface area contributed by atoms with Crippen molar-refractivity contribution in [2.75, 3.05) is 19.6 Å². The smallest absolute Gasteiger partial charge is 0.00790 e. The molecule has 0 aliphatic carbocycles. The fourth-order valence-corrected chi connectivity index (χ4v) is 1.07. The lowest BCUT2D eigenvalue weighted by Gasteiger charge is -2.27. The van der Waals surface area contributed by atoms with Crippen molar-refractivity contribution < 1.29 is 0 Å². The summed E-state index contributed by atoms with van der Waals surface area (Å²) in [4.78, 5) is 0. The van der Waals surface area contributed by atoms with Gasteiger partial charge in [-0.2, -0.15) is 0 Å². The Morgan fingerprint density at radius 3 is 2.00 bits per heavy atom. The Morgan fingerprint density at radius 2 is 1.57 bits per heavy atom. The van der Waals surface area contributed by atoms with Crippen LogP contribution in [0.1, 0.15) is 41.5 Å². The lowest BCUT2D eigenvalue weighted by molar-refractivity contribution is 0.253. The predicted molar refractivity (Wildman–Crippen MR) is 64.6 cm³/mol. The van der Waals surface area contributed by atoms with Crippen molar-refractivity contribution in [1.29, 1.82) is 0 Å². The Hall–Kier alpha value is -0.0800. The van der Waals surface area contributed by atoms with Crippen LogP contribution in [0.4, 0.5) is 0 Å². The average molecular weight is 200 g/mol. The first-order valence-corrected chi connectivity index (χ1v) is 5.78. The zero-order valence-electron chi connectivity index (χ0n) is 10.8. The van der Waals surface area contributed by atoms with E-state index in [9.17, 15) is 0 Å². The predicted octanol–water partition coefficient (Wildman–Crippen LogP) is 2.26. The van der Waals surface area contributed by atoms with Crippen LogP contribution in [-0.4, -0.2) is 25.7 Å². The summed E-state index contributed by atoms with van der Waals surface area (Å²) in [5.41, 5.74) is 0.415. The molecule has 0 bridgehead atoms. The second-order valence-corrected chi connectivity index (χ2v) is 5.58. The van der Waals surface area contributed by atoms with E-state index in [0.717, 1.165) is 25.6 Å². The normalized spacial score (nSPS) is 14.8. The van der Waals surface area contributed by atoms with Crippen molar-refractivity contribution in [3.05, 3.63) is 0 Å². The summed E-state index contributed by atoms with van der Waals surface area (Å²) in [5, 5.41) is 6.88. The fourth-order valence-electron chi connectivity index (χ4n) is 1.07. The number of hydrogen-bond donors (Lipinski definition) is 2. The van der Waals surface area contributed by atoms with E-state index in [0.29, 0.717) is 11.5 Å². The van der Waals surface area contributed by atoms with Crippen molar-refractivity contribution in [3.8, 4) is 0 Å². The summed E-state index contributed by atoms with van der Waals surface area (Å²) >= 11 is 0. The SMILES string of the molecule is CC(C)NCCNCC(C)C(C)(C)C. The molecule has 86 valence electrons. The summed E-state index contributed by atoms with van der Waals surface area (Å²) < 4.78 is 0. The van der Waals surface area contributed by atoms with Crippen molar-refractivity contribution in [3.63, 3.8) is 0 Å². The van der Waals surface area contributed by atoms with Gasteiger partial charge in [-0.05, 0) is 17.9 Å². The number of hydrogen-bond acceptors (Lipinski definition) is 2. The topological polar surface area (TPSA) is 24.1 Å². The lowest BCUT2D eigenvalue weighted by atomic mass is 9.82. The van der Waals surface area contributed by atoms with Crippen LogP contribution in [-0.2, 0) is 0 Å². The van der Waals surface area contributed by atoms with Crippen LogP contribution in [0.15, 0.2) is 0 Å². The molecule has 0 aromatic rings. The molecule has 0 radical (unpaired) electrons. The number of rotatable bonds is 6. The Balaban J connectivity index is 3.37. The zero-order chi connectivity index (χ0) is 11.2. The highest BCUT2D eigenvalue weighted by molar-refractivity contribution is 4.72. The summed E-state index contributed by atoms with van der Waals surface area (Å²) in [6, 6.07) is 0.594. The van der Waals surface area contributed by atoms with Gasteiger partial charge in [0.2, 0.25) is 0 Å². The van der Waals surface area contributed by atoms with Gasteiger partial charge >= 0.3 is 0 Å². The second kappa shape index (κ2) is 6.41. The maximum absolute atomic E-state index is 3.48. The molecule has 0 aliphatic rings. The molecule has 0 fully saturated rings. The fraction of sp³-hybridized carbons (Fsp3) is 1.00. The van der Waals surface area contributed by atoms with Crippen LogP contribution in [0.25, 0.3) is 0 Å². The highest BCUT2D eigenvalue weighted by Gasteiger charge is 2.18. The van der Waals surface area contributed by atoms with Gasteiger partial charge in [0.25, 0.3) is 0 Å². The molecule has 0 aromatic carbocycles. The van der Waals surface area contributed by atoms with E-state index in [4.69, 9.17) is 0 Å². The highest BCUT2D eigenvalue weighted by atomic mass is 15.0. The average Bonchev–Trinajstić information content (AvgIpc) is 2.01. The van der Waals surface area contributed by atoms with E-state index in [1.165, 1.54) is 0 Å². The largest absolute Gasteiger partial charge is 0.315 e. The second-order valence-electron chi connectivity index (χ2n) is 5.58. The summed E-state index contributed by atoms with van der Waals surface area (Å²) in [6.07, 6.45) is 0. The zero-order valence-corrected chi connectivity index (χ0v) is 10.8. The molecule has 1 atom stereocenters. The van der Waals surface area contributed by atoms with Gasteiger partial charge in [-0.25, -0.2) is 0 Å². The summed E-state index contributed by atoms with van der Waals surface area (Å²) in [5.74, 6) is 0.724. The van der Waals surface area contributed by atoms with E-state index in [-0.39, 0.29) is 0 Å². The van der Waals surface area contributed by atoms with Gasteiger partial charge in [0.1, 0.15) is 0 Å². The molecule has 0 aromatic heterocycles. The minimum atomic E-state index is 0.415. The lowest BCUT2D eigenvalue weighted by Crippen LogP contribution is -2.35. The number of nitrogens with one attached hydrogen (secondary N) is 2. The quantitative estimate of drug-likeness (QED) is 0.643. The Kier molecular flexibility index (Phi) is 6.38. The van der Waals surface area contributed by atoms with Crippen LogP contribution in [0.3, 0.4) is 0 Å². The van der Waals surface area contributed by atoms with Crippen molar-refractivity contribution in [1.82, 2.24) is 10.6 Å². The van der Waals surface area contributed by atoms with Gasteiger partial charge in [-0.1, -0.05) is 41.5 Å². The molecule has 1 unspecified atom stereocenters. The third kappa shape index (κ3) is 7.34. The van der Waals surface area contributed by atoms with Crippen molar-refractivity contribution >= 4 is 0 Å². The van der Waals surface area contributed by atoms with Gasteiger partial charge < -0.3 is 10.6 Å². The molecule has 0 rings (SSSR count). The van der Waals surface area contributed by atoms with Crippen LogP contribution in [0.2, 0.25) is 0 Å². The van der Waals surface area contributed by atoms with Crippen LogP contribution in [0.5, 0.6) is 0 Å². The van der Waals surface area contributed by atoms with Gasteiger partial charge in [0, 0.05) is 19.1 Å². The summed E-state index contributed by atoms with van der Waals surface area (Å²) in [6.45, 7) is 16.8.